The summed E-state index contributed by atoms with van der Waals surface area (Å²) >= 11 is 0. The van der Waals surface area contributed by atoms with Crippen LogP contribution in [0.4, 0.5) is 11.4 Å². The number of hydrogen-bond donors (Lipinski definition) is 1. The van der Waals surface area contributed by atoms with Crippen molar-refractivity contribution in [3.05, 3.63) is 33.4 Å². The maximum absolute atomic E-state index is 11.1. The second-order valence-electron chi connectivity index (χ2n) is 4.75. The first-order valence-electron chi connectivity index (χ1n) is 6.51. The summed E-state index contributed by atoms with van der Waals surface area (Å²) < 4.78 is 0. The minimum absolute atomic E-state index is 0.174. The Hall–Kier alpha value is -1.58. The molecule has 1 aromatic carbocycles. The smallest absolute Gasteiger partial charge is 0.292 e. The Morgan fingerprint density at radius 1 is 1.28 bits per heavy atom. The minimum atomic E-state index is -0.312. The van der Waals surface area contributed by atoms with Crippen LogP contribution in [0.3, 0.4) is 0 Å². The molecule has 0 aliphatic carbocycles. The normalized spacial score (nSPS) is 12.2. The molecule has 18 heavy (non-hydrogen) atoms. The molecule has 0 fully saturated rings. The van der Waals surface area contributed by atoms with E-state index in [1.807, 2.05) is 19.9 Å². The molecule has 0 bridgehead atoms. The van der Waals surface area contributed by atoms with Crippen LogP contribution >= 0.6 is 0 Å². The first-order chi connectivity index (χ1) is 8.49. The number of rotatable bonds is 6. The summed E-state index contributed by atoms with van der Waals surface area (Å²) in [5.41, 5.74) is 2.85. The number of nitro groups is 1. The van der Waals surface area contributed by atoms with Gasteiger partial charge in [-0.15, -0.1) is 0 Å². The van der Waals surface area contributed by atoms with Crippen LogP contribution in [0, 0.1) is 24.0 Å². The summed E-state index contributed by atoms with van der Waals surface area (Å²) in [4.78, 5) is 10.8. The van der Waals surface area contributed by atoms with Crippen LogP contribution in [-0.2, 0) is 0 Å². The van der Waals surface area contributed by atoms with Crippen LogP contribution in [0.1, 0.15) is 44.2 Å². The van der Waals surface area contributed by atoms with Gasteiger partial charge >= 0.3 is 0 Å². The summed E-state index contributed by atoms with van der Waals surface area (Å²) in [5.74, 6) is 0. The summed E-state index contributed by atoms with van der Waals surface area (Å²) in [7, 11) is 0. The van der Waals surface area contributed by atoms with Crippen molar-refractivity contribution in [2.45, 2.75) is 53.0 Å². The molecule has 4 nitrogen and oxygen atoms in total. The summed E-state index contributed by atoms with van der Waals surface area (Å²) in [6.07, 6.45) is 3.07. The Labute approximate surface area is 109 Å². The van der Waals surface area contributed by atoms with Crippen LogP contribution < -0.4 is 5.32 Å². The molecule has 1 aromatic rings. The van der Waals surface area contributed by atoms with Gasteiger partial charge in [0.25, 0.3) is 5.69 Å². The molecule has 0 spiro atoms. The molecule has 0 radical (unpaired) electrons. The molecule has 1 unspecified atom stereocenters. The van der Waals surface area contributed by atoms with E-state index >= 15 is 0 Å². The van der Waals surface area contributed by atoms with E-state index in [4.69, 9.17) is 0 Å². The van der Waals surface area contributed by atoms with E-state index in [2.05, 4.69) is 19.2 Å². The van der Waals surface area contributed by atoms with Crippen LogP contribution in [0.5, 0.6) is 0 Å². The van der Waals surface area contributed by atoms with Crippen molar-refractivity contribution in [1.29, 1.82) is 0 Å². The number of benzene rings is 1. The zero-order valence-electron chi connectivity index (χ0n) is 11.6. The lowest BCUT2D eigenvalue weighted by Crippen LogP contribution is -2.19. The Kier molecular flexibility index (Phi) is 5.13. The van der Waals surface area contributed by atoms with Gasteiger partial charge in [-0.3, -0.25) is 10.1 Å². The van der Waals surface area contributed by atoms with Crippen LogP contribution in [-0.4, -0.2) is 11.0 Å². The van der Waals surface area contributed by atoms with Gasteiger partial charge in [0, 0.05) is 12.1 Å². The lowest BCUT2D eigenvalue weighted by molar-refractivity contribution is -0.384. The van der Waals surface area contributed by atoms with Gasteiger partial charge in [0.05, 0.1) is 4.92 Å². The third-order valence-corrected chi connectivity index (χ3v) is 3.30. The lowest BCUT2D eigenvalue weighted by Gasteiger charge is -2.18. The zero-order valence-corrected chi connectivity index (χ0v) is 11.6. The van der Waals surface area contributed by atoms with Gasteiger partial charge < -0.3 is 5.32 Å². The number of anilines is 1. The predicted molar refractivity (Wildman–Crippen MR) is 75.2 cm³/mol. The highest BCUT2D eigenvalue weighted by Crippen LogP contribution is 2.29. The van der Waals surface area contributed by atoms with Crippen LogP contribution in [0.25, 0.3) is 0 Å². The quantitative estimate of drug-likeness (QED) is 0.608. The molecule has 4 heteroatoms. The number of nitrogens with zero attached hydrogens (tertiary/aromatic N) is 1. The Bertz CT molecular complexity index is 430. The van der Waals surface area contributed by atoms with E-state index in [1.54, 1.807) is 6.07 Å². The Morgan fingerprint density at radius 2 is 1.89 bits per heavy atom. The second-order valence-corrected chi connectivity index (χ2v) is 4.75. The van der Waals surface area contributed by atoms with Crippen molar-refractivity contribution in [1.82, 2.24) is 0 Å². The number of aryl methyl sites for hydroxylation is 2. The molecule has 1 N–H and O–H groups in total. The maximum atomic E-state index is 11.1. The summed E-state index contributed by atoms with van der Waals surface area (Å²) in [6.45, 7) is 8.10. The molecule has 0 saturated carbocycles. The third kappa shape index (κ3) is 3.45. The molecule has 0 aliphatic rings. The predicted octanol–water partition coefficient (Wildman–Crippen LogP) is 4.20. The first-order valence-corrected chi connectivity index (χ1v) is 6.51. The largest absolute Gasteiger partial charge is 0.377 e. The SMILES string of the molecule is CCCC(CC)Nc1cc(C)c(C)cc1[N+](=O)[O-]. The topological polar surface area (TPSA) is 55.2 Å². The summed E-state index contributed by atoms with van der Waals surface area (Å²) in [6, 6.07) is 3.83. The van der Waals surface area contributed by atoms with Crippen LogP contribution in [0.2, 0.25) is 0 Å². The molecule has 0 amide bonds. The van der Waals surface area contributed by atoms with Gasteiger partial charge in [0.1, 0.15) is 5.69 Å². The fourth-order valence-corrected chi connectivity index (χ4v) is 2.01. The molecule has 1 rings (SSSR count). The van der Waals surface area contributed by atoms with Crippen molar-refractivity contribution in [2.24, 2.45) is 0 Å². The van der Waals surface area contributed by atoms with E-state index in [0.717, 1.165) is 30.4 Å². The van der Waals surface area contributed by atoms with Gasteiger partial charge in [0.2, 0.25) is 0 Å². The monoisotopic (exact) mass is 250 g/mol. The van der Waals surface area contributed by atoms with Crippen molar-refractivity contribution in [2.75, 3.05) is 5.32 Å². The van der Waals surface area contributed by atoms with Gasteiger partial charge in [-0.25, -0.2) is 0 Å². The molecular formula is C14H22N2O2. The first kappa shape index (κ1) is 14.5. The number of hydrogen-bond acceptors (Lipinski definition) is 3. The van der Waals surface area contributed by atoms with E-state index < -0.39 is 0 Å². The number of nitro benzene ring substituents is 1. The standard InChI is InChI=1S/C14H22N2O2/c1-5-7-12(6-2)15-13-8-10(3)11(4)9-14(13)16(17)18/h8-9,12,15H,5-7H2,1-4H3. The molecule has 0 heterocycles. The fraction of sp³-hybridized carbons (Fsp3) is 0.571. The van der Waals surface area contributed by atoms with Crippen molar-refractivity contribution >= 4 is 11.4 Å². The molecule has 100 valence electrons. The minimum Gasteiger partial charge on any atom is -0.377 e. The zero-order chi connectivity index (χ0) is 13.7. The molecule has 0 aliphatic heterocycles. The van der Waals surface area contributed by atoms with E-state index in [1.165, 1.54) is 0 Å². The Morgan fingerprint density at radius 3 is 2.39 bits per heavy atom. The van der Waals surface area contributed by atoms with Crippen molar-refractivity contribution in [3.8, 4) is 0 Å². The highest BCUT2D eigenvalue weighted by molar-refractivity contribution is 5.64. The maximum Gasteiger partial charge on any atom is 0.292 e. The summed E-state index contributed by atoms with van der Waals surface area (Å²) in [5, 5.41) is 14.4. The molecule has 1 atom stereocenters. The number of nitrogens with one attached hydrogen (secondary N) is 1. The fourth-order valence-electron chi connectivity index (χ4n) is 2.01. The van der Waals surface area contributed by atoms with Crippen LogP contribution in [0.15, 0.2) is 12.1 Å². The van der Waals surface area contributed by atoms with Gasteiger partial charge in [-0.1, -0.05) is 20.3 Å². The van der Waals surface area contributed by atoms with Crippen molar-refractivity contribution < 1.29 is 4.92 Å². The highest BCUT2D eigenvalue weighted by Gasteiger charge is 2.17. The molecule has 0 aromatic heterocycles. The van der Waals surface area contributed by atoms with E-state index in [9.17, 15) is 10.1 Å². The molecular weight excluding hydrogens is 228 g/mol. The lowest BCUT2D eigenvalue weighted by atomic mass is 10.1. The van der Waals surface area contributed by atoms with Gasteiger partial charge in [-0.2, -0.15) is 0 Å². The van der Waals surface area contributed by atoms with Gasteiger partial charge in [-0.05, 0) is 43.9 Å². The van der Waals surface area contributed by atoms with E-state index in [-0.39, 0.29) is 10.6 Å². The van der Waals surface area contributed by atoms with Gasteiger partial charge in [0.15, 0.2) is 0 Å². The highest BCUT2D eigenvalue weighted by atomic mass is 16.6. The average molecular weight is 250 g/mol. The average Bonchev–Trinajstić information content (AvgIpc) is 2.32. The third-order valence-electron chi connectivity index (χ3n) is 3.30. The Balaban J connectivity index is 3.06. The van der Waals surface area contributed by atoms with E-state index in [0.29, 0.717) is 11.7 Å². The van der Waals surface area contributed by atoms with Crippen molar-refractivity contribution in [3.63, 3.8) is 0 Å². The molecule has 0 saturated heterocycles. The second kappa shape index (κ2) is 6.38.